The van der Waals surface area contributed by atoms with Crippen molar-refractivity contribution < 1.29 is 9.53 Å². The van der Waals surface area contributed by atoms with Crippen molar-refractivity contribution in [1.82, 2.24) is 19.3 Å². The van der Waals surface area contributed by atoms with Crippen molar-refractivity contribution in [2.75, 3.05) is 7.11 Å². The van der Waals surface area contributed by atoms with E-state index in [1.165, 1.54) is 16.4 Å². The second kappa shape index (κ2) is 5.33. The molecule has 0 saturated heterocycles. The van der Waals surface area contributed by atoms with E-state index < -0.39 is 12.0 Å². The topological polar surface area (TPSA) is 79.0 Å². The van der Waals surface area contributed by atoms with Crippen LogP contribution in [0.4, 0.5) is 0 Å². The molecule has 0 fully saturated rings. The lowest BCUT2D eigenvalue weighted by atomic mass is 10.2. The average Bonchev–Trinajstić information content (AvgIpc) is 3.00. The predicted octanol–water partition coefficient (Wildman–Crippen LogP) is 0.802. The minimum Gasteiger partial charge on any atom is -0.467 e. The van der Waals surface area contributed by atoms with Crippen molar-refractivity contribution in [1.29, 1.82) is 0 Å². The van der Waals surface area contributed by atoms with Gasteiger partial charge in [0.2, 0.25) is 0 Å². The minimum atomic E-state index is -0.577. The number of hydrogen-bond acceptors (Lipinski definition) is 5. The van der Waals surface area contributed by atoms with Gasteiger partial charge in [0, 0.05) is 12.6 Å². The van der Waals surface area contributed by atoms with Crippen LogP contribution in [0.1, 0.15) is 23.9 Å². The van der Waals surface area contributed by atoms with E-state index in [9.17, 15) is 9.59 Å². The summed E-state index contributed by atoms with van der Waals surface area (Å²) < 4.78 is 7.47. The van der Waals surface area contributed by atoms with Gasteiger partial charge in [-0.1, -0.05) is 11.6 Å². The third kappa shape index (κ3) is 2.44. The summed E-state index contributed by atoms with van der Waals surface area (Å²) in [6.07, 6.45) is 2.70. The highest BCUT2D eigenvalue weighted by atomic mass is 35.5. The molecule has 1 aliphatic rings. The molecule has 0 aromatic carbocycles. The first-order valence-electron chi connectivity index (χ1n) is 6.46. The first kappa shape index (κ1) is 13.8. The monoisotopic (exact) mass is 308 g/mol. The molecule has 110 valence electrons. The van der Waals surface area contributed by atoms with Crippen LogP contribution in [0.15, 0.2) is 23.1 Å². The van der Waals surface area contributed by atoms with Crippen LogP contribution < -0.4 is 5.69 Å². The van der Waals surface area contributed by atoms with Crippen molar-refractivity contribution in [3.63, 3.8) is 0 Å². The van der Waals surface area contributed by atoms with Gasteiger partial charge in [-0.3, -0.25) is 4.57 Å². The summed E-state index contributed by atoms with van der Waals surface area (Å²) in [5.41, 5.74) is 0.509. The fourth-order valence-corrected chi connectivity index (χ4v) is 2.72. The Bertz CT molecular complexity index is 752. The van der Waals surface area contributed by atoms with Gasteiger partial charge in [-0.2, -0.15) is 5.10 Å². The van der Waals surface area contributed by atoms with Crippen molar-refractivity contribution in [2.24, 2.45) is 0 Å². The molecule has 0 spiro atoms. The minimum absolute atomic E-state index is 0.287. The Labute approximate surface area is 125 Å². The lowest BCUT2D eigenvalue weighted by Crippen LogP contribution is -2.30. The third-order valence-electron chi connectivity index (χ3n) is 3.49. The van der Waals surface area contributed by atoms with Crippen LogP contribution in [0.25, 0.3) is 0 Å². The lowest BCUT2D eigenvalue weighted by molar-refractivity contribution is -0.144. The van der Waals surface area contributed by atoms with Crippen LogP contribution in [0.5, 0.6) is 0 Å². The molecule has 8 heteroatoms. The Morgan fingerprint density at radius 2 is 2.38 bits per heavy atom. The molecule has 2 aromatic rings. The standard InChI is InChI=1S/C13H13ClN4O3/c1-21-12(19)9-2-3-11-16-17(13(20)18(9)11)7-8-4-5-15-10(14)6-8/h4-6,9H,2-3,7H2,1H3/t9-/m0/s1. The van der Waals surface area contributed by atoms with E-state index in [1.807, 2.05) is 0 Å². The average molecular weight is 309 g/mol. The highest BCUT2D eigenvalue weighted by Crippen LogP contribution is 2.23. The molecule has 0 amide bonds. The number of fused-ring (bicyclic) bond motifs is 1. The molecule has 7 nitrogen and oxygen atoms in total. The maximum atomic E-state index is 12.4. The fraction of sp³-hybridized carbons (Fsp3) is 0.385. The van der Waals surface area contributed by atoms with Gasteiger partial charge in [0.15, 0.2) is 0 Å². The first-order chi connectivity index (χ1) is 10.1. The zero-order valence-corrected chi connectivity index (χ0v) is 12.1. The van der Waals surface area contributed by atoms with Crippen LogP contribution in [0.3, 0.4) is 0 Å². The molecule has 3 rings (SSSR count). The molecule has 0 saturated carbocycles. The summed E-state index contributed by atoms with van der Waals surface area (Å²) in [5.74, 6) is 0.193. The van der Waals surface area contributed by atoms with Crippen LogP contribution in [-0.2, 0) is 22.5 Å². The number of methoxy groups -OCH3 is 1. The third-order valence-corrected chi connectivity index (χ3v) is 3.70. The van der Waals surface area contributed by atoms with Gasteiger partial charge in [0.05, 0.1) is 13.7 Å². The van der Waals surface area contributed by atoms with Gasteiger partial charge in [0.25, 0.3) is 0 Å². The molecule has 0 unspecified atom stereocenters. The molecule has 0 radical (unpaired) electrons. The zero-order chi connectivity index (χ0) is 15.0. The molecular formula is C13H13ClN4O3. The Morgan fingerprint density at radius 1 is 1.57 bits per heavy atom. The molecule has 21 heavy (non-hydrogen) atoms. The van der Waals surface area contributed by atoms with E-state index in [-0.39, 0.29) is 12.2 Å². The van der Waals surface area contributed by atoms with E-state index in [4.69, 9.17) is 16.3 Å². The summed E-state index contributed by atoms with van der Waals surface area (Å²) in [4.78, 5) is 28.0. The summed E-state index contributed by atoms with van der Waals surface area (Å²) in [5, 5.41) is 4.64. The normalized spacial score (nSPS) is 16.8. The molecule has 0 bridgehead atoms. The quantitative estimate of drug-likeness (QED) is 0.619. The van der Waals surface area contributed by atoms with Crippen LogP contribution >= 0.6 is 11.6 Å². The second-order valence-corrected chi connectivity index (χ2v) is 5.18. The van der Waals surface area contributed by atoms with Gasteiger partial charge in [-0.25, -0.2) is 19.3 Å². The number of carbonyl (C=O) groups is 1. The molecule has 0 aliphatic carbocycles. The number of halogens is 1. The Morgan fingerprint density at radius 3 is 3.10 bits per heavy atom. The molecule has 3 heterocycles. The summed E-state index contributed by atoms with van der Waals surface area (Å²) in [6, 6.07) is 2.86. The molecule has 1 atom stereocenters. The van der Waals surface area contributed by atoms with E-state index in [0.29, 0.717) is 23.8 Å². The van der Waals surface area contributed by atoms with Crippen molar-refractivity contribution in [3.8, 4) is 0 Å². The Balaban J connectivity index is 1.93. The molecule has 1 aliphatic heterocycles. The van der Waals surface area contributed by atoms with Crippen molar-refractivity contribution in [3.05, 3.63) is 45.4 Å². The van der Waals surface area contributed by atoms with E-state index in [0.717, 1.165) is 5.56 Å². The van der Waals surface area contributed by atoms with Gasteiger partial charge in [-0.15, -0.1) is 0 Å². The maximum Gasteiger partial charge on any atom is 0.347 e. The highest BCUT2D eigenvalue weighted by molar-refractivity contribution is 6.29. The van der Waals surface area contributed by atoms with Gasteiger partial charge >= 0.3 is 11.7 Å². The molecule has 0 N–H and O–H groups in total. The van der Waals surface area contributed by atoms with E-state index in [1.54, 1.807) is 18.3 Å². The number of rotatable bonds is 3. The Kier molecular flexibility index (Phi) is 3.50. The lowest BCUT2D eigenvalue weighted by Gasteiger charge is -2.08. The summed E-state index contributed by atoms with van der Waals surface area (Å²) in [6.45, 7) is 0.287. The summed E-state index contributed by atoms with van der Waals surface area (Å²) >= 11 is 5.82. The smallest absolute Gasteiger partial charge is 0.347 e. The number of aryl methyl sites for hydroxylation is 1. The molecular weight excluding hydrogens is 296 g/mol. The number of ether oxygens (including phenoxy) is 1. The molecule has 2 aromatic heterocycles. The number of hydrogen-bond donors (Lipinski definition) is 0. The largest absolute Gasteiger partial charge is 0.467 e. The van der Waals surface area contributed by atoms with Crippen LogP contribution in [-0.4, -0.2) is 32.4 Å². The number of carbonyl (C=O) groups excluding carboxylic acids is 1. The summed E-state index contributed by atoms with van der Waals surface area (Å²) in [7, 11) is 1.31. The predicted molar refractivity (Wildman–Crippen MR) is 74.2 cm³/mol. The number of esters is 1. The van der Waals surface area contributed by atoms with Crippen molar-refractivity contribution in [2.45, 2.75) is 25.4 Å². The Hall–Kier alpha value is -2.15. The maximum absolute atomic E-state index is 12.4. The number of nitrogens with zero attached hydrogens (tertiary/aromatic N) is 4. The van der Waals surface area contributed by atoms with Crippen LogP contribution in [0, 0.1) is 0 Å². The number of pyridine rings is 1. The second-order valence-electron chi connectivity index (χ2n) is 4.79. The number of aromatic nitrogens is 4. The van der Waals surface area contributed by atoms with Crippen LogP contribution in [0.2, 0.25) is 5.15 Å². The van der Waals surface area contributed by atoms with E-state index in [2.05, 4.69) is 10.1 Å². The zero-order valence-electron chi connectivity index (χ0n) is 11.3. The van der Waals surface area contributed by atoms with Gasteiger partial charge in [0.1, 0.15) is 17.0 Å². The van der Waals surface area contributed by atoms with Crippen molar-refractivity contribution >= 4 is 17.6 Å². The highest BCUT2D eigenvalue weighted by Gasteiger charge is 2.33. The fourth-order valence-electron chi connectivity index (χ4n) is 2.52. The SMILES string of the molecule is COC(=O)[C@@H]1CCc2nn(Cc3ccnc(Cl)c3)c(=O)n21. The van der Waals surface area contributed by atoms with Gasteiger partial charge < -0.3 is 4.74 Å². The van der Waals surface area contributed by atoms with E-state index >= 15 is 0 Å². The van der Waals surface area contributed by atoms with Gasteiger partial charge in [-0.05, 0) is 24.1 Å². The first-order valence-corrected chi connectivity index (χ1v) is 6.84.